The Balaban J connectivity index is 1.75. The highest BCUT2D eigenvalue weighted by atomic mass is 19.1. The van der Waals surface area contributed by atoms with Crippen molar-refractivity contribution in [1.29, 1.82) is 0 Å². The zero-order chi connectivity index (χ0) is 16.5. The Labute approximate surface area is 138 Å². The van der Waals surface area contributed by atoms with Crippen LogP contribution in [0.3, 0.4) is 0 Å². The Kier molecular flexibility index (Phi) is 6.84. The van der Waals surface area contributed by atoms with Crippen LogP contribution in [0.15, 0.2) is 29.3 Å². The van der Waals surface area contributed by atoms with Gasteiger partial charge in [-0.3, -0.25) is 4.99 Å². The van der Waals surface area contributed by atoms with Gasteiger partial charge in [0.05, 0.1) is 12.1 Å². The van der Waals surface area contributed by atoms with Crippen molar-refractivity contribution in [2.75, 3.05) is 26.2 Å². The molecule has 0 aromatic heterocycles. The van der Waals surface area contributed by atoms with Crippen molar-refractivity contribution in [2.24, 2.45) is 4.99 Å². The summed E-state index contributed by atoms with van der Waals surface area (Å²) in [7, 11) is 0. The highest BCUT2D eigenvalue weighted by Crippen LogP contribution is 2.24. The van der Waals surface area contributed by atoms with Crippen LogP contribution in [-0.2, 0) is 11.2 Å². The lowest BCUT2D eigenvalue weighted by Crippen LogP contribution is -2.39. The lowest BCUT2D eigenvalue weighted by Gasteiger charge is -2.21. The van der Waals surface area contributed by atoms with E-state index >= 15 is 0 Å². The maximum absolute atomic E-state index is 13.1. The monoisotopic (exact) mass is 321 g/mol. The normalized spacial score (nSPS) is 21.4. The zero-order valence-corrected chi connectivity index (χ0v) is 14.2. The second kappa shape index (κ2) is 8.87. The molecule has 0 amide bonds. The minimum atomic E-state index is -0.171. The molecular weight excluding hydrogens is 293 g/mol. The second-order valence-corrected chi connectivity index (χ2v) is 6.26. The predicted molar refractivity (Wildman–Crippen MR) is 92.3 cm³/mol. The van der Waals surface area contributed by atoms with E-state index in [2.05, 4.69) is 29.5 Å². The summed E-state index contributed by atoms with van der Waals surface area (Å²) in [6.45, 7) is 7.32. The van der Waals surface area contributed by atoms with Crippen LogP contribution in [0.4, 0.5) is 4.39 Å². The number of rotatable bonds is 7. The molecule has 0 spiro atoms. The number of aliphatic imine (C=N–C) groups is 1. The first-order chi connectivity index (χ1) is 11.1. The molecule has 1 saturated heterocycles. The smallest absolute Gasteiger partial charge is 0.191 e. The summed E-state index contributed by atoms with van der Waals surface area (Å²) >= 11 is 0. The van der Waals surface area contributed by atoms with Crippen molar-refractivity contribution in [2.45, 2.75) is 45.1 Å². The summed E-state index contributed by atoms with van der Waals surface area (Å²) < 4.78 is 18.9. The summed E-state index contributed by atoms with van der Waals surface area (Å²) in [6, 6.07) is 6.79. The quantitative estimate of drug-likeness (QED) is 0.461. The Bertz CT molecular complexity index is 513. The number of hydrogen-bond acceptors (Lipinski definition) is 2. The van der Waals surface area contributed by atoms with E-state index in [9.17, 15) is 4.39 Å². The van der Waals surface area contributed by atoms with Gasteiger partial charge in [0.2, 0.25) is 0 Å². The fraction of sp³-hybridized carbons (Fsp3) is 0.611. The van der Waals surface area contributed by atoms with Gasteiger partial charge in [-0.05, 0) is 57.2 Å². The topological polar surface area (TPSA) is 45.7 Å². The minimum Gasteiger partial charge on any atom is -0.373 e. The molecule has 4 nitrogen and oxygen atoms in total. The summed E-state index contributed by atoms with van der Waals surface area (Å²) in [6.07, 6.45) is 3.96. The Morgan fingerprint density at radius 2 is 2.26 bits per heavy atom. The molecule has 1 heterocycles. The van der Waals surface area contributed by atoms with Crippen molar-refractivity contribution in [3.63, 3.8) is 0 Å². The molecular formula is C18H28FN3O. The first kappa shape index (κ1) is 17.7. The highest BCUT2D eigenvalue weighted by molar-refractivity contribution is 5.79. The van der Waals surface area contributed by atoms with Gasteiger partial charge in [0.1, 0.15) is 5.82 Å². The molecule has 1 aliphatic rings. The summed E-state index contributed by atoms with van der Waals surface area (Å²) in [5.74, 6) is 0.652. The number of ether oxygens (including phenoxy) is 1. The number of nitrogens with zero attached hydrogens (tertiary/aromatic N) is 1. The third-order valence-electron chi connectivity index (χ3n) is 4.04. The number of guanidine groups is 1. The van der Waals surface area contributed by atoms with Crippen LogP contribution in [-0.4, -0.2) is 37.8 Å². The van der Waals surface area contributed by atoms with E-state index in [0.29, 0.717) is 6.54 Å². The lowest BCUT2D eigenvalue weighted by atomic mass is 10.0. The fourth-order valence-corrected chi connectivity index (χ4v) is 2.74. The van der Waals surface area contributed by atoms with E-state index in [1.807, 2.05) is 6.07 Å². The number of aryl methyl sites for hydroxylation is 1. The number of nitrogens with one attached hydrogen (secondary N) is 2. The van der Waals surface area contributed by atoms with Crippen molar-refractivity contribution in [3.05, 3.63) is 35.6 Å². The van der Waals surface area contributed by atoms with Crippen LogP contribution in [0, 0.1) is 5.82 Å². The maximum atomic E-state index is 13.1. The molecule has 1 aromatic rings. The van der Waals surface area contributed by atoms with Gasteiger partial charge >= 0.3 is 0 Å². The van der Waals surface area contributed by atoms with E-state index in [1.54, 1.807) is 12.1 Å². The summed E-state index contributed by atoms with van der Waals surface area (Å²) in [5, 5.41) is 6.59. The predicted octanol–water partition coefficient (Wildman–Crippen LogP) is 2.88. The first-order valence-corrected chi connectivity index (χ1v) is 8.52. The van der Waals surface area contributed by atoms with Crippen LogP contribution in [0.25, 0.3) is 0 Å². The average Bonchev–Trinajstić information content (AvgIpc) is 2.96. The summed E-state index contributed by atoms with van der Waals surface area (Å²) in [5.41, 5.74) is 0.907. The van der Waals surface area contributed by atoms with Gasteiger partial charge in [-0.15, -0.1) is 0 Å². The maximum Gasteiger partial charge on any atom is 0.191 e. The molecule has 1 aliphatic heterocycles. The molecule has 5 heteroatoms. The molecule has 1 aromatic carbocycles. The van der Waals surface area contributed by atoms with Crippen LogP contribution in [0.5, 0.6) is 0 Å². The van der Waals surface area contributed by atoms with E-state index in [-0.39, 0.29) is 11.4 Å². The molecule has 0 aliphatic carbocycles. The molecule has 0 saturated carbocycles. The largest absolute Gasteiger partial charge is 0.373 e. The zero-order valence-electron chi connectivity index (χ0n) is 14.2. The van der Waals surface area contributed by atoms with Crippen LogP contribution in [0.2, 0.25) is 0 Å². The van der Waals surface area contributed by atoms with Gasteiger partial charge in [-0.25, -0.2) is 4.39 Å². The Morgan fingerprint density at radius 3 is 2.96 bits per heavy atom. The number of hydrogen-bond donors (Lipinski definition) is 2. The van der Waals surface area contributed by atoms with Gasteiger partial charge in [0.25, 0.3) is 0 Å². The third kappa shape index (κ3) is 6.18. The average molecular weight is 321 g/mol. The Morgan fingerprint density at radius 1 is 1.39 bits per heavy atom. The van der Waals surface area contributed by atoms with Crippen molar-refractivity contribution in [3.8, 4) is 0 Å². The Hall–Kier alpha value is -1.62. The van der Waals surface area contributed by atoms with Gasteiger partial charge in [0.15, 0.2) is 5.96 Å². The molecule has 1 unspecified atom stereocenters. The van der Waals surface area contributed by atoms with E-state index in [1.165, 1.54) is 6.07 Å². The molecule has 2 N–H and O–H groups in total. The van der Waals surface area contributed by atoms with Crippen molar-refractivity contribution < 1.29 is 9.13 Å². The molecule has 2 rings (SSSR count). The molecule has 23 heavy (non-hydrogen) atoms. The van der Waals surface area contributed by atoms with Gasteiger partial charge < -0.3 is 15.4 Å². The molecule has 128 valence electrons. The SMILES string of the molecule is CCNC(=NCC1(C)CCCO1)NCCCc1cccc(F)c1. The van der Waals surface area contributed by atoms with E-state index < -0.39 is 0 Å². The van der Waals surface area contributed by atoms with Crippen LogP contribution < -0.4 is 10.6 Å². The van der Waals surface area contributed by atoms with Gasteiger partial charge in [-0.2, -0.15) is 0 Å². The number of benzene rings is 1. The van der Waals surface area contributed by atoms with Crippen molar-refractivity contribution in [1.82, 2.24) is 10.6 Å². The van der Waals surface area contributed by atoms with Gasteiger partial charge in [0, 0.05) is 19.7 Å². The van der Waals surface area contributed by atoms with Crippen LogP contribution >= 0.6 is 0 Å². The van der Waals surface area contributed by atoms with E-state index in [4.69, 9.17) is 4.74 Å². The van der Waals surface area contributed by atoms with Crippen molar-refractivity contribution >= 4 is 5.96 Å². The molecule has 1 fully saturated rings. The first-order valence-electron chi connectivity index (χ1n) is 8.52. The number of halogens is 1. The van der Waals surface area contributed by atoms with E-state index in [0.717, 1.165) is 56.9 Å². The van der Waals surface area contributed by atoms with Crippen LogP contribution in [0.1, 0.15) is 38.7 Å². The molecule has 1 atom stereocenters. The third-order valence-corrected chi connectivity index (χ3v) is 4.04. The fourth-order valence-electron chi connectivity index (χ4n) is 2.74. The second-order valence-electron chi connectivity index (χ2n) is 6.26. The lowest BCUT2D eigenvalue weighted by molar-refractivity contribution is 0.0283. The highest BCUT2D eigenvalue weighted by Gasteiger charge is 2.29. The summed E-state index contributed by atoms with van der Waals surface area (Å²) in [4.78, 5) is 4.64. The molecule has 0 radical (unpaired) electrons. The molecule has 0 bridgehead atoms. The van der Waals surface area contributed by atoms with Gasteiger partial charge in [-0.1, -0.05) is 12.1 Å². The minimum absolute atomic E-state index is 0.121. The standard InChI is InChI=1S/C18H28FN3O/c1-3-20-17(22-14-18(2)10-6-12-23-18)21-11-5-8-15-7-4-9-16(19)13-15/h4,7,9,13H,3,5-6,8,10-12,14H2,1-2H3,(H2,20,21,22).